The van der Waals surface area contributed by atoms with Gasteiger partial charge >= 0.3 is 6.03 Å². The fraction of sp³-hybridized carbons (Fsp3) is 0.778. The van der Waals surface area contributed by atoms with Crippen molar-refractivity contribution in [2.45, 2.75) is 57.5 Å². The fourth-order valence-corrected chi connectivity index (χ4v) is 4.17. The summed E-state index contributed by atoms with van der Waals surface area (Å²) in [5, 5.41) is 7.49. The molecule has 4 rings (SSSR count). The van der Waals surface area contributed by atoms with Crippen LogP contribution in [0.5, 0.6) is 0 Å². The number of hydrogen-bond donors (Lipinski definition) is 1. The van der Waals surface area contributed by atoms with Gasteiger partial charge in [-0.3, -0.25) is 4.68 Å². The topological polar surface area (TPSA) is 53.4 Å². The molecule has 0 radical (unpaired) electrons. The van der Waals surface area contributed by atoms with Crippen molar-refractivity contribution in [1.29, 1.82) is 0 Å². The third-order valence-electron chi connectivity index (χ3n) is 5.88. The second kappa shape index (κ2) is 6.75. The molecule has 1 aromatic rings. The van der Waals surface area contributed by atoms with E-state index in [0.717, 1.165) is 37.5 Å². The number of likely N-dealkylation sites (tertiary alicyclic amines) is 2. The zero-order valence-electron chi connectivity index (χ0n) is 14.7. The van der Waals surface area contributed by atoms with Gasteiger partial charge in [0.25, 0.3) is 0 Å². The highest BCUT2D eigenvalue weighted by Crippen LogP contribution is 2.39. The molecule has 2 atom stereocenters. The zero-order chi connectivity index (χ0) is 16.5. The van der Waals surface area contributed by atoms with E-state index in [-0.39, 0.29) is 6.03 Å². The van der Waals surface area contributed by atoms with Gasteiger partial charge in [-0.05, 0) is 64.5 Å². The Balaban J connectivity index is 1.34. The lowest BCUT2D eigenvalue weighted by Crippen LogP contribution is -2.44. The van der Waals surface area contributed by atoms with E-state index in [4.69, 9.17) is 0 Å². The molecule has 0 bridgehead atoms. The summed E-state index contributed by atoms with van der Waals surface area (Å²) in [6.45, 7) is 6.50. The van der Waals surface area contributed by atoms with Crippen molar-refractivity contribution in [1.82, 2.24) is 19.6 Å². The summed E-state index contributed by atoms with van der Waals surface area (Å²) in [6, 6.07) is 0.837. The quantitative estimate of drug-likeness (QED) is 0.902. The molecule has 1 aromatic heterocycles. The lowest BCUT2D eigenvalue weighted by atomic mass is 10.2. The lowest BCUT2D eigenvalue weighted by Gasteiger charge is -2.28. The molecule has 2 amide bonds. The Morgan fingerprint density at radius 2 is 2.04 bits per heavy atom. The molecule has 1 aliphatic carbocycles. The molecule has 132 valence electrons. The summed E-state index contributed by atoms with van der Waals surface area (Å²) in [7, 11) is 0. The van der Waals surface area contributed by atoms with Crippen LogP contribution in [0.25, 0.3) is 0 Å². The standard InChI is InChI=1S/C18H29N5O/c1-14(15-6-7-15)23-12-16(11-19-23)20-18(24)22-10-4-5-17(22)13-21-8-2-3-9-21/h11-12,14-15,17H,2-10,13H2,1H3,(H,20,24)/t14-,17-/m1/s1. The van der Waals surface area contributed by atoms with E-state index in [1.165, 1.54) is 38.8 Å². The van der Waals surface area contributed by atoms with Gasteiger partial charge in [-0.2, -0.15) is 5.10 Å². The maximum atomic E-state index is 12.7. The van der Waals surface area contributed by atoms with Crippen LogP contribution in [0, 0.1) is 5.92 Å². The van der Waals surface area contributed by atoms with Gasteiger partial charge in [-0.1, -0.05) is 0 Å². The van der Waals surface area contributed by atoms with Crippen LogP contribution in [0.3, 0.4) is 0 Å². The Hall–Kier alpha value is -1.56. The minimum absolute atomic E-state index is 0.0373. The largest absolute Gasteiger partial charge is 0.322 e. The van der Waals surface area contributed by atoms with Gasteiger partial charge in [0.2, 0.25) is 0 Å². The van der Waals surface area contributed by atoms with Crippen LogP contribution in [0.4, 0.5) is 10.5 Å². The molecule has 3 aliphatic rings. The van der Waals surface area contributed by atoms with Crippen molar-refractivity contribution in [3.05, 3.63) is 12.4 Å². The number of nitrogens with zero attached hydrogens (tertiary/aromatic N) is 4. The average Bonchev–Trinajstić information content (AvgIpc) is 2.97. The molecule has 6 nitrogen and oxygen atoms in total. The number of hydrogen-bond acceptors (Lipinski definition) is 3. The van der Waals surface area contributed by atoms with Crippen molar-refractivity contribution < 1.29 is 4.79 Å². The van der Waals surface area contributed by atoms with Gasteiger partial charge in [-0.25, -0.2) is 4.79 Å². The molecule has 0 unspecified atom stereocenters. The van der Waals surface area contributed by atoms with Crippen LogP contribution in [0.1, 0.15) is 51.5 Å². The third kappa shape index (κ3) is 3.43. The molecule has 1 N–H and O–H groups in total. The molecule has 24 heavy (non-hydrogen) atoms. The lowest BCUT2D eigenvalue weighted by molar-refractivity contribution is 0.186. The predicted molar refractivity (Wildman–Crippen MR) is 94.1 cm³/mol. The summed E-state index contributed by atoms with van der Waals surface area (Å²) in [6.07, 6.45) is 11.2. The van der Waals surface area contributed by atoms with E-state index in [2.05, 4.69) is 22.2 Å². The van der Waals surface area contributed by atoms with Gasteiger partial charge in [-0.15, -0.1) is 0 Å². The number of carbonyl (C=O) groups excluding carboxylic acids is 1. The summed E-state index contributed by atoms with van der Waals surface area (Å²) in [5.41, 5.74) is 0.819. The van der Waals surface area contributed by atoms with Gasteiger partial charge in [0.05, 0.1) is 17.9 Å². The third-order valence-corrected chi connectivity index (χ3v) is 5.88. The Labute approximate surface area is 144 Å². The normalized spacial score (nSPS) is 26.0. The first-order valence-electron chi connectivity index (χ1n) is 9.55. The first-order chi connectivity index (χ1) is 11.7. The summed E-state index contributed by atoms with van der Waals surface area (Å²) in [4.78, 5) is 17.2. The number of urea groups is 1. The van der Waals surface area contributed by atoms with E-state index in [1.54, 1.807) is 6.20 Å². The van der Waals surface area contributed by atoms with Crippen LogP contribution in [0.2, 0.25) is 0 Å². The van der Waals surface area contributed by atoms with Crippen molar-refractivity contribution in [2.24, 2.45) is 5.92 Å². The number of nitrogens with one attached hydrogen (secondary N) is 1. The predicted octanol–water partition coefficient (Wildman–Crippen LogP) is 2.95. The smallest absolute Gasteiger partial charge is 0.320 e. The zero-order valence-corrected chi connectivity index (χ0v) is 14.7. The highest BCUT2D eigenvalue weighted by atomic mass is 16.2. The number of carbonyl (C=O) groups is 1. The van der Waals surface area contributed by atoms with E-state index >= 15 is 0 Å². The Kier molecular flexibility index (Phi) is 4.48. The van der Waals surface area contributed by atoms with Gasteiger partial charge in [0, 0.05) is 25.3 Å². The monoisotopic (exact) mass is 331 g/mol. The maximum absolute atomic E-state index is 12.7. The summed E-state index contributed by atoms with van der Waals surface area (Å²) >= 11 is 0. The second-order valence-electron chi connectivity index (χ2n) is 7.71. The van der Waals surface area contributed by atoms with Crippen LogP contribution in [-0.4, -0.2) is 57.8 Å². The molecule has 1 saturated carbocycles. The first kappa shape index (κ1) is 15.9. The molecule has 0 spiro atoms. The molecule has 6 heteroatoms. The van der Waals surface area contributed by atoms with Crippen molar-refractivity contribution in [2.75, 3.05) is 31.5 Å². The number of anilines is 1. The fourth-order valence-electron chi connectivity index (χ4n) is 4.17. The second-order valence-corrected chi connectivity index (χ2v) is 7.71. The highest BCUT2D eigenvalue weighted by Gasteiger charge is 2.32. The molecule has 2 aliphatic heterocycles. The SMILES string of the molecule is C[C@H](C1CC1)n1cc(NC(=O)N2CCC[C@@H]2CN2CCCC2)cn1. The van der Waals surface area contributed by atoms with Crippen LogP contribution in [0.15, 0.2) is 12.4 Å². The van der Waals surface area contributed by atoms with E-state index in [9.17, 15) is 4.79 Å². The molecule has 3 fully saturated rings. The first-order valence-corrected chi connectivity index (χ1v) is 9.55. The van der Waals surface area contributed by atoms with E-state index < -0.39 is 0 Å². The van der Waals surface area contributed by atoms with Gasteiger partial charge in [0.1, 0.15) is 0 Å². The number of rotatable bonds is 5. The average molecular weight is 331 g/mol. The number of aromatic nitrogens is 2. The Morgan fingerprint density at radius 1 is 1.25 bits per heavy atom. The molecule has 3 heterocycles. The van der Waals surface area contributed by atoms with Crippen LogP contribution in [-0.2, 0) is 0 Å². The van der Waals surface area contributed by atoms with Gasteiger partial charge in [0.15, 0.2) is 0 Å². The summed E-state index contributed by atoms with van der Waals surface area (Å²) < 4.78 is 2.00. The van der Waals surface area contributed by atoms with Crippen LogP contribution < -0.4 is 5.32 Å². The maximum Gasteiger partial charge on any atom is 0.322 e. The van der Waals surface area contributed by atoms with E-state index in [1.807, 2.05) is 15.8 Å². The molecule has 0 aromatic carbocycles. The van der Waals surface area contributed by atoms with E-state index in [0.29, 0.717) is 12.1 Å². The molecular formula is C18H29N5O. The highest BCUT2D eigenvalue weighted by molar-refractivity contribution is 5.89. The van der Waals surface area contributed by atoms with Gasteiger partial charge < -0.3 is 15.1 Å². The number of amides is 2. The Bertz CT molecular complexity index is 576. The van der Waals surface area contributed by atoms with Crippen molar-refractivity contribution in [3.63, 3.8) is 0 Å². The molecule has 2 saturated heterocycles. The summed E-state index contributed by atoms with van der Waals surface area (Å²) in [5.74, 6) is 0.761. The van der Waals surface area contributed by atoms with Crippen molar-refractivity contribution in [3.8, 4) is 0 Å². The molecular weight excluding hydrogens is 302 g/mol. The van der Waals surface area contributed by atoms with Crippen molar-refractivity contribution >= 4 is 11.7 Å². The van der Waals surface area contributed by atoms with Crippen LogP contribution >= 0.6 is 0 Å². The Morgan fingerprint density at radius 3 is 2.79 bits per heavy atom. The minimum atomic E-state index is 0.0373. The minimum Gasteiger partial charge on any atom is -0.320 e.